The second-order valence-electron chi connectivity index (χ2n) is 4.25. The van der Waals surface area contributed by atoms with E-state index in [1.807, 2.05) is 0 Å². The van der Waals surface area contributed by atoms with Crippen molar-refractivity contribution in [2.75, 3.05) is 12.3 Å². The van der Waals surface area contributed by atoms with Crippen LogP contribution in [0.5, 0.6) is 0 Å². The van der Waals surface area contributed by atoms with Crippen LogP contribution < -0.4 is 0 Å². The first-order valence-electron chi connectivity index (χ1n) is 5.83. The van der Waals surface area contributed by atoms with Gasteiger partial charge in [0.1, 0.15) is 4.32 Å². The lowest BCUT2D eigenvalue weighted by molar-refractivity contribution is -0.121. The number of halogens is 2. The highest BCUT2D eigenvalue weighted by molar-refractivity contribution is 8.26. The number of amides is 1. The minimum absolute atomic E-state index is 0.211. The Morgan fingerprint density at radius 3 is 2.45 bits per heavy atom. The van der Waals surface area contributed by atoms with Gasteiger partial charge in [0, 0.05) is 22.2 Å². The van der Waals surface area contributed by atoms with E-state index in [0.717, 1.165) is 16.7 Å². The lowest BCUT2D eigenvalue weighted by Gasteiger charge is -2.12. The number of rotatable bonds is 4. The molecule has 1 aliphatic heterocycles. The van der Waals surface area contributed by atoms with Gasteiger partial charge in [-0.2, -0.15) is 8.42 Å². The molecular formula is C12H9Cl2NO4S3. The fraction of sp³-hybridized carbons (Fsp3) is 0.167. The van der Waals surface area contributed by atoms with Crippen molar-refractivity contribution in [1.29, 1.82) is 0 Å². The third-order valence-electron chi connectivity index (χ3n) is 2.72. The first kappa shape index (κ1) is 17.7. The number of nitrogens with zero attached hydrogens (tertiary/aromatic N) is 1. The normalized spacial score (nSPS) is 17.6. The van der Waals surface area contributed by atoms with Crippen molar-refractivity contribution in [3.63, 3.8) is 0 Å². The maximum atomic E-state index is 12.2. The molecule has 0 bridgehead atoms. The van der Waals surface area contributed by atoms with Crippen molar-refractivity contribution >= 4 is 73.6 Å². The summed E-state index contributed by atoms with van der Waals surface area (Å²) in [6.07, 6.45) is 1.51. The third-order valence-corrected chi connectivity index (χ3v) is 5.46. The largest absolute Gasteiger partial charge is 0.292 e. The molecule has 1 saturated heterocycles. The maximum Gasteiger partial charge on any atom is 0.266 e. The molecule has 1 amide bonds. The molecule has 0 radical (unpaired) electrons. The lowest BCUT2D eigenvalue weighted by atomic mass is 10.2. The van der Waals surface area contributed by atoms with Crippen LogP contribution in [0.3, 0.4) is 0 Å². The molecule has 1 heterocycles. The number of hydrogen-bond acceptors (Lipinski definition) is 5. The molecule has 0 saturated carbocycles. The van der Waals surface area contributed by atoms with Crippen LogP contribution in [0.2, 0.25) is 10.0 Å². The van der Waals surface area contributed by atoms with Gasteiger partial charge in [-0.1, -0.05) is 53.2 Å². The van der Waals surface area contributed by atoms with Crippen LogP contribution in [0.4, 0.5) is 0 Å². The molecule has 1 aromatic rings. The summed E-state index contributed by atoms with van der Waals surface area (Å²) in [6, 6.07) is 4.95. The second kappa shape index (κ2) is 6.86. The monoisotopic (exact) mass is 397 g/mol. The second-order valence-corrected chi connectivity index (χ2v) is 8.32. The highest BCUT2D eigenvalue weighted by Gasteiger charge is 2.32. The standard InChI is InChI=1S/C12H9Cl2NO4S3/c13-8-2-1-3-9(14)7(8)6-10-11(16)15(12(20)21-10)4-5-22(17,18)19/h1-3,6H,4-5H2,(H,17,18,19)/b10-6-. The Bertz CT molecular complexity index is 756. The van der Waals surface area contributed by atoms with Gasteiger partial charge in [-0.25, -0.2) is 0 Å². The molecule has 22 heavy (non-hydrogen) atoms. The van der Waals surface area contributed by atoms with Crippen LogP contribution in [0.1, 0.15) is 5.56 Å². The van der Waals surface area contributed by atoms with E-state index in [-0.39, 0.29) is 15.8 Å². The van der Waals surface area contributed by atoms with Gasteiger partial charge in [-0.15, -0.1) is 0 Å². The van der Waals surface area contributed by atoms with Crippen LogP contribution in [-0.4, -0.2) is 40.4 Å². The highest BCUT2D eigenvalue weighted by Crippen LogP contribution is 2.35. The zero-order valence-corrected chi connectivity index (χ0v) is 14.8. The summed E-state index contributed by atoms with van der Waals surface area (Å²) >= 11 is 18.2. The smallest absolute Gasteiger partial charge is 0.266 e. The summed E-state index contributed by atoms with van der Waals surface area (Å²) in [5.74, 6) is -1.03. The SMILES string of the molecule is O=C1/C(=C/c2c(Cl)cccc2Cl)SC(=S)N1CCS(=O)(=O)O. The van der Waals surface area contributed by atoms with Gasteiger partial charge in [0.2, 0.25) is 0 Å². The predicted octanol–water partition coefficient (Wildman–Crippen LogP) is 3.08. The number of hydrogen-bond donors (Lipinski definition) is 1. The Morgan fingerprint density at radius 2 is 1.91 bits per heavy atom. The van der Waals surface area contributed by atoms with Gasteiger partial charge in [-0.3, -0.25) is 14.2 Å². The van der Waals surface area contributed by atoms with E-state index in [2.05, 4.69) is 0 Å². The van der Waals surface area contributed by atoms with Crippen molar-refractivity contribution in [3.8, 4) is 0 Å². The molecule has 0 aromatic heterocycles. The lowest BCUT2D eigenvalue weighted by Crippen LogP contribution is -2.32. The number of carbonyl (C=O) groups is 1. The molecule has 1 fully saturated rings. The summed E-state index contributed by atoms with van der Waals surface area (Å²) in [4.78, 5) is 13.6. The average Bonchev–Trinajstić information content (AvgIpc) is 2.66. The van der Waals surface area contributed by atoms with Gasteiger partial charge in [0.15, 0.2) is 0 Å². The molecule has 1 N–H and O–H groups in total. The van der Waals surface area contributed by atoms with E-state index in [1.54, 1.807) is 18.2 Å². The molecule has 5 nitrogen and oxygen atoms in total. The first-order valence-corrected chi connectivity index (χ1v) is 9.42. The summed E-state index contributed by atoms with van der Waals surface area (Å²) < 4.78 is 30.5. The third kappa shape index (κ3) is 4.21. The van der Waals surface area contributed by atoms with Crippen LogP contribution in [0, 0.1) is 0 Å². The fourth-order valence-corrected chi connectivity index (χ4v) is 3.89. The summed E-state index contributed by atoms with van der Waals surface area (Å²) in [5, 5.41) is 0.770. The molecule has 2 rings (SSSR count). The van der Waals surface area contributed by atoms with Gasteiger partial charge < -0.3 is 0 Å². The quantitative estimate of drug-likeness (QED) is 0.477. The van der Waals surface area contributed by atoms with Gasteiger partial charge in [0.05, 0.1) is 10.7 Å². The zero-order valence-electron chi connectivity index (χ0n) is 10.8. The topological polar surface area (TPSA) is 74.7 Å². The van der Waals surface area contributed by atoms with E-state index >= 15 is 0 Å². The molecule has 1 aromatic carbocycles. The Balaban J connectivity index is 2.26. The van der Waals surface area contributed by atoms with Crippen LogP contribution >= 0.6 is 47.2 Å². The van der Waals surface area contributed by atoms with Gasteiger partial charge in [-0.05, 0) is 18.2 Å². The van der Waals surface area contributed by atoms with E-state index in [4.69, 9.17) is 40.0 Å². The van der Waals surface area contributed by atoms with E-state index < -0.39 is 21.8 Å². The Hall–Kier alpha value is -0.640. The van der Waals surface area contributed by atoms with Crippen molar-refractivity contribution in [2.45, 2.75) is 0 Å². The predicted molar refractivity (Wildman–Crippen MR) is 92.8 cm³/mol. The maximum absolute atomic E-state index is 12.2. The van der Waals surface area contributed by atoms with Crippen LogP contribution in [0.15, 0.2) is 23.1 Å². The summed E-state index contributed by atoms with van der Waals surface area (Å²) in [7, 11) is -4.17. The van der Waals surface area contributed by atoms with Crippen molar-refractivity contribution in [1.82, 2.24) is 4.90 Å². The Labute approximate surface area is 147 Å². The van der Waals surface area contributed by atoms with E-state index in [0.29, 0.717) is 15.6 Å². The number of thioether (sulfide) groups is 1. The molecule has 118 valence electrons. The molecule has 0 spiro atoms. The molecule has 0 unspecified atom stereocenters. The van der Waals surface area contributed by atoms with Crippen LogP contribution in [0.25, 0.3) is 6.08 Å². The minimum atomic E-state index is -4.17. The van der Waals surface area contributed by atoms with Crippen molar-refractivity contribution in [2.24, 2.45) is 0 Å². The fourth-order valence-electron chi connectivity index (χ4n) is 1.68. The number of thiocarbonyl (C=S) groups is 1. The molecule has 0 atom stereocenters. The number of benzene rings is 1. The van der Waals surface area contributed by atoms with Gasteiger partial charge >= 0.3 is 0 Å². The van der Waals surface area contributed by atoms with Gasteiger partial charge in [0.25, 0.3) is 16.0 Å². The zero-order chi connectivity index (χ0) is 16.5. The number of carbonyl (C=O) groups excluding carboxylic acids is 1. The molecule has 10 heteroatoms. The Kier molecular flexibility index (Phi) is 5.52. The first-order chi connectivity index (χ1) is 10.2. The van der Waals surface area contributed by atoms with E-state index in [1.165, 1.54) is 6.08 Å². The molecule has 0 aliphatic carbocycles. The van der Waals surface area contributed by atoms with Crippen molar-refractivity contribution in [3.05, 3.63) is 38.7 Å². The van der Waals surface area contributed by atoms with Crippen molar-refractivity contribution < 1.29 is 17.8 Å². The van der Waals surface area contributed by atoms with Crippen LogP contribution in [-0.2, 0) is 14.9 Å². The Morgan fingerprint density at radius 1 is 1.32 bits per heavy atom. The summed E-state index contributed by atoms with van der Waals surface area (Å²) in [6.45, 7) is -0.211. The molecular weight excluding hydrogens is 389 g/mol. The molecule has 1 aliphatic rings. The highest BCUT2D eigenvalue weighted by atomic mass is 35.5. The summed E-state index contributed by atoms with van der Waals surface area (Å²) in [5.41, 5.74) is 0.487. The average molecular weight is 398 g/mol. The minimum Gasteiger partial charge on any atom is -0.292 e. The van der Waals surface area contributed by atoms with E-state index in [9.17, 15) is 13.2 Å².